The minimum atomic E-state index is -0.652. The first-order valence-corrected chi connectivity index (χ1v) is 6.35. The lowest BCUT2D eigenvalue weighted by atomic mass is 10.1. The first-order chi connectivity index (χ1) is 9.00. The molecule has 4 N–H and O–H groups in total. The molecular formula is C14H22ClN3O2. The standard InChI is InChI=1S/C14H21N3O2.ClH/c1-10-4-6-12(7-5-10)13(15)14(19)17-9-3-8-16-11(2)18;/h4-7,13H,3,8-9,15H2,1-2H3,(H,16,18)(H,17,19);1H. The average molecular weight is 300 g/mol. The summed E-state index contributed by atoms with van der Waals surface area (Å²) < 4.78 is 0. The van der Waals surface area contributed by atoms with Gasteiger partial charge in [0.25, 0.3) is 0 Å². The minimum absolute atomic E-state index is 0. The number of amides is 2. The lowest BCUT2D eigenvalue weighted by molar-refractivity contribution is -0.122. The monoisotopic (exact) mass is 299 g/mol. The Morgan fingerprint density at radius 3 is 2.25 bits per heavy atom. The van der Waals surface area contributed by atoms with Crippen molar-refractivity contribution >= 4 is 24.2 Å². The average Bonchev–Trinajstić information content (AvgIpc) is 2.37. The normalized spacial score (nSPS) is 11.2. The van der Waals surface area contributed by atoms with E-state index in [0.717, 1.165) is 11.1 Å². The molecule has 0 bridgehead atoms. The van der Waals surface area contributed by atoms with Gasteiger partial charge in [-0.15, -0.1) is 12.4 Å². The van der Waals surface area contributed by atoms with Crippen LogP contribution in [0.2, 0.25) is 0 Å². The van der Waals surface area contributed by atoms with E-state index in [0.29, 0.717) is 19.5 Å². The van der Waals surface area contributed by atoms with Gasteiger partial charge >= 0.3 is 0 Å². The molecule has 1 aromatic carbocycles. The molecule has 1 atom stereocenters. The number of benzene rings is 1. The molecule has 1 aromatic rings. The smallest absolute Gasteiger partial charge is 0.241 e. The van der Waals surface area contributed by atoms with Crippen LogP contribution in [0.5, 0.6) is 0 Å². The predicted molar refractivity (Wildman–Crippen MR) is 81.7 cm³/mol. The van der Waals surface area contributed by atoms with E-state index in [2.05, 4.69) is 10.6 Å². The van der Waals surface area contributed by atoms with Crippen LogP contribution in [0.1, 0.15) is 30.5 Å². The Hall–Kier alpha value is -1.59. The maximum Gasteiger partial charge on any atom is 0.241 e. The van der Waals surface area contributed by atoms with E-state index in [4.69, 9.17) is 5.73 Å². The van der Waals surface area contributed by atoms with Crippen molar-refractivity contribution < 1.29 is 9.59 Å². The van der Waals surface area contributed by atoms with Gasteiger partial charge in [-0.3, -0.25) is 9.59 Å². The summed E-state index contributed by atoms with van der Waals surface area (Å²) in [5.74, 6) is -0.269. The Kier molecular flexibility index (Phi) is 8.59. The third-order valence-electron chi connectivity index (χ3n) is 2.75. The highest BCUT2D eigenvalue weighted by molar-refractivity contribution is 5.85. The molecule has 1 unspecified atom stereocenters. The number of hydrogen-bond donors (Lipinski definition) is 3. The van der Waals surface area contributed by atoms with Crippen LogP contribution in [0, 0.1) is 6.92 Å². The Bertz CT molecular complexity index is 435. The summed E-state index contributed by atoms with van der Waals surface area (Å²) in [7, 11) is 0. The highest BCUT2D eigenvalue weighted by Crippen LogP contribution is 2.11. The van der Waals surface area contributed by atoms with Gasteiger partial charge in [-0.1, -0.05) is 29.8 Å². The van der Waals surface area contributed by atoms with Crippen molar-refractivity contribution in [2.24, 2.45) is 5.73 Å². The molecule has 0 aliphatic heterocycles. The van der Waals surface area contributed by atoms with Gasteiger partial charge in [0.05, 0.1) is 0 Å². The van der Waals surface area contributed by atoms with Crippen LogP contribution in [0.3, 0.4) is 0 Å². The highest BCUT2D eigenvalue weighted by atomic mass is 35.5. The summed E-state index contributed by atoms with van der Waals surface area (Å²) in [6.45, 7) is 4.50. The van der Waals surface area contributed by atoms with E-state index in [-0.39, 0.29) is 24.2 Å². The van der Waals surface area contributed by atoms with Crippen LogP contribution in [-0.2, 0) is 9.59 Å². The molecule has 0 spiro atoms. The summed E-state index contributed by atoms with van der Waals surface area (Å²) in [5.41, 5.74) is 7.80. The predicted octanol–water partition coefficient (Wildman–Crippen LogP) is 1.06. The van der Waals surface area contributed by atoms with Crippen molar-refractivity contribution in [1.82, 2.24) is 10.6 Å². The molecular weight excluding hydrogens is 278 g/mol. The van der Waals surface area contributed by atoms with Crippen molar-refractivity contribution in [3.8, 4) is 0 Å². The fraction of sp³-hybridized carbons (Fsp3) is 0.429. The lowest BCUT2D eigenvalue weighted by Gasteiger charge is -2.13. The van der Waals surface area contributed by atoms with Crippen molar-refractivity contribution in [3.63, 3.8) is 0 Å². The molecule has 0 radical (unpaired) electrons. The summed E-state index contributed by atoms with van der Waals surface area (Å²) in [6, 6.07) is 6.92. The van der Waals surface area contributed by atoms with Crippen LogP contribution in [0.25, 0.3) is 0 Å². The van der Waals surface area contributed by atoms with Gasteiger partial charge in [0.15, 0.2) is 0 Å². The fourth-order valence-corrected chi connectivity index (χ4v) is 1.60. The second kappa shape index (κ2) is 9.34. The van der Waals surface area contributed by atoms with Crippen LogP contribution in [-0.4, -0.2) is 24.9 Å². The first kappa shape index (κ1) is 18.4. The highest BCUT2D eigenvalue weighted by Gasteiger charge is 2.14. The van der Waals surface area contributed by atoms with Crippen molar-refractivity contribution in [2.75, 3.05) is 13.1 Å². The molecule has 2 amide bonds. The summed E-state index contributed by atoms with van der Waals surface area (Å²) in [4.78, 5) is 22.4. The zero-order chi connectivity index (χ0) is 14.3. The quantitative estimate of drug-likeness (QED) is 0.687. The molecule has 0 heterocycles. The van der Waals surface area contributed by atoms with Gasteiger partial charge in [0, 0.05) is 20.0 Å². The van der Waals surface area contributed by atoms with Crippen molar-refractivity contribution in [1.29, 1.82) is 0 Å². The Morgan fingerprint density at radius 1 is 1.15 bits per heavy atom. The summed E-state index contributed by atoms with van der Waals surface area (Å²) in [5, 5.41) is 5.42. The first-order valence-electron chi connectivity index (χ1n) is 6.35. The van der Waals surface area contributed by atoms with Crippen LogP contribution >= 0.6 is 12.4 Å². The summed E-state index contributed by atoms with van der Waals surface area (Å²) >= 11 is 0. The lowest BCUT2D eigenvalue weighted by Crippen LogP contribution is -2.35. The molecule has 112 valence electrons. The van der Waals surface area contributed by atoms with E-state index in [1.54, 1.807) is 0 Å². The fourth-order valence-electron chi connectivity index (χ4n) is 1.60. The maximum atomic E-state index is 11.8. The second-order valence-corrected chi connectivity index (χ2v) is 4.52. The SMILES string of the molecule is CC(=O)NCCCNC(=O)C(N)c1ccc(C)cc1.Cl. The van der Waals surface area contributed by atoms with Gasteiger partial charge in [-0.2, -0.15) is 0 Å². The molecule has 0 fully saturated rings. The molecule has 0 saturated carbocycles. The van der Waals surface area contributed by atoms with Crippen LogP contribution < -0.4 is 16.4 Å². The largest absolute Gasteiger partial charge is 0.356 e. The molecule has 0 aromatic heterocycles. The Labute approximate surface area is 125 Å². The van der Waals surface area contributed by atoms with Gasteiger partial charge in [0.1, 0.15) is 6.04 Å². The number of nitrogens with two attached hydrogens (primary N) is 1. The third kappa shape index (κ3) is 6.54. The molecule has 20 heavy (non-hydrogen) atoms. The zero-order valence-electron chi connectivity index (χ0n) is 11.8. The van der Waals surface area contributed by atoms with E-state index >= 15 is 0 Å². The molecule has 0 saturated heterocycles. The number of aryl methyl sites for hydroxylation is 1. The van der Waals surface area contributed by atoms with Gasteiger partial charge in [-0.05, 0) is 18.9 Å². The van der Waals surface area contributed by atoms with Crippen molar-refractivity contribution in [3.05, 3.63) is 35.4 Å². The maximum absolute atomic E-state index is 11.8. The van der Waals surface area contributed by atoms with E-state index in [1.165, 1.54) is 6.92 Å². The zero-order valence-corrected chi connectivity index (χ0v) is 12.6. The van der Waals surface area contributed by atoms with Crippen molar-refractivity contribution in [2.45, 2.75) is 26.3 Å². The third-order valence-corrected chi connectivity index (χ3v) is 2.75. The van der Waals surface area contributed by atoms with Gasteiger partial charge in [0.2, 0.25) is 11.8 Å². The van der Waals surface area contributed by atoms with E-state index in [9.17, 15) is 9.59 Å². The number of hydrogen-bond acceptors (Lipinski definition) is 3. The van der Waals surface area contributed by atoms with E-state index < -0.39 is 6.04 Å². The number of carbonyl (C=O) groups is 2. The molecule has 0 aliphatic rings. The number of carbonyl (C=O) groups excluding carboxylic acids is 2. The minimum Gasteiger partial charge on any atom is -0.356 e. The topological polar surface area (TPSA) is 84.2 Å². The van der Waals surface area contributed by atoms with Crippen LogP contribution in [0.4, 0.5) is 0 Å². The molecule has 1 rings (SSSR count). The van der Waals surface area contributed by atoms with Gasteiger partial charge in [-0.25, -0.2) is 0 Å². The molecule has 6 heteroatoms. The van der Waals surface area contributed by atoms with Gasteiger partial charge < -0.3 is 16.4 Å². The Morgan fingerprint density at radius 2 is 1.70 bits per heavy atom. The molecule has 0 aliphatic carbocycles. The Balaban J connectivity index is 0.00000361. The second-order valence-electron chi connectivity index (χ2n) is 4.52. The number of rotatable bonds is 6. The summed E-state index contributed by atoms with van der Waals surface area (Å²) in [6.07, 6.45) is 0.686. The number of nitrogens with one attached hydrogen (secondary N) is 2. The molecule has 5 nitrogen and oxygen atoms in total. The van der Waals surface area contributed by atoms with Crippen LogP contribution in [0.15, 0.2) is 24.3 Å². The number of halogens is 1. The van der Waals surface area contributed by atoms with E-state index in [1.807, 2.05) is 31.2 Å².